The Morgan fingerprint density at radius 1 is 1.17 bits per heavy atom. The monoisotopic (exact) mass is 412 g/mol. The molecule has 1 aromatic heterocycles. The summed E-state index contributed by atoms with van der Waals surface area (Å²) >= 11 is 0. The van der Waals surface area contributed by atoms with Crippen LogP contribution in [0.1, 0.15) is 48.5 Å². The topological polar surface area (TPSA) is 99.3 Å². The number of fused-ring (bicyclic) bond motifs is 1. The van der Waals surface area contributed by atoms with E-state index in [1.54, 1.807) is 0 Å². The Kier molecular flexibility index (Phi) is 5.19. The smallest absolute Gasteiger partial charge is 0.250 e. The first-order valence-corrected chi connectivity index (χ1v) is 11.8. The second-order valence-electron chi connectivity index (χ2n) is 8.35. The lowest BCUT2D eigenvalue weighted by Crippen LogP contribution is -2.32. The number of hydrogen-bond donors (Lipinski definition) is 4. The van der Waals surface area contributed by atoms with Gasteiger partial charge in [-0.25, -0.2) is 0 Å². The van der Waals surface area contributed by atoms with Crippen LogP contribution in [-0.4, -0.2) is 31.0 Å². The fourth-order valence-electron chi connectivity index (χ4n) is 4.59. The second-order valence-corrected chi connectivity index (χ2v) is 10.8. The summed E-state index contributed by atoms with van der Waals surface area (Å²) in [7, 11) is -2.56. The number of aromatic nitrogens is 1. The van der Waals surface area contributed by atoms with Crippen molar-refractivity contribution in [3.63, 3.8) is 0 Å². The van der Waals surface area contributed by atoms with Gasteiger partial charge >= 0.3 is 0 Å². The maximum absolute atomic E-state index is 12.1. The first kappa shape index (κ1) is 20.0. The van der Waals surface area contributed by atoms with Crippen molar-refractivity contribution in [2.75, 3.05) is 5.75 Å². The van der Waals surface area contributed by atoms with Crippen molar-refractivity contribution in [1.29, 1.82) is 0 Å². The van der Waals surface area contributed by atoms with E-state index in [0.29, 0.717) is 11.3 Å². The second kappa shape index (κ2) is 7.52. The zero-order valence-electron chi connectivity index (χ0n) is 16.8. The molecule has 6 heteroatoms. The summed E-state index contributed by atoms with van der Waals surface area (Å²) in [6.07, 6.45) is 3.42. The molecule has 1 aliphatic heterocycles. The Bertz CT molecular complexity index is 1040. The average molecular weight is 413 g/mol. The van der Waals surface area contributed by atoms with Crippen molar-refractivity contribution < 1.29 is 13.9 Å². The highest BCUT2D eigenvalue weighted by molar-refractivity contribution is 8.24. The Labute approximate surface area is 172 Å². The number of rotatable bonds is 4. The number of nitrogens with two attached hydrogens (primary N) is 1. The molecule has 29 heavy (non-hydrogen) atoms. The number of carbonyl (C=O) groups excluding carboxylic acids is 1. The van der Waals surface area contributed by atoms with Gasteiger partial charge in [-0.05, 0) is 53.5 Å². The summed E-state index contributed by atoms with van der Waals surface area (Å²) in [5.41, 5.74) is 10.0. The van der Waals surface area contributed by atoms with E-state index in [-0.39, 0.29) is 17.1 Å². The lowest BCUT2D eigenvalue weighted by atomic mass is 9.87. The van der Waals surface area contributed by atoms with Gasteiger partial charge in [-0.3, -0.25) is 13.9 Å². The van der Waals surface area contributed by atoms with Gasteiger partial charge in [0.05, 0.1) is 16.3 Å². The van der Waals surface area contributed by atoms with E-state index >= 15 is 0 Å². The normalized spacial score (nSPS) is 22.7. The van der Waals surface area contributed by atoms with E-state index in [9.17, 15) is 13.9 Å². The van der Waals surface area contributed by atoms with Crippen molar-refractivity contribution in [1.82, 2.24) is 4.98 Å². The van der Waals surface area contributed by atoms with Crippen LogP contribution in [-0.2, 0) is 0 Å². The molecule has 5 nitrogen and oxygen atoms in total. The molecule has 2 atom stereocenters. The van der Waals surface area contributed by atoms with Crippen molar-refractivity contribution in [2.24, 2.45) is 11.7 Å². The van der Waals surface area contributed by atoms with Gasteiger partial charge in [0.1, 0.15) is 0 Å². The van der Waals surface area contributed by atoms with E-state index in [0.717, 1.165) is 40.4 Å². The molecule has 1 amide bonds. The number of amides is 1. The largest absolute Gasteiger partial charge is 0.366 e. The molecule has 0 radical (unpaired) electrons. The number of benzene rings is 2. The van der Waals surface area contributed by atoms with Crippen LogP contribution in [0.15, 0.2) is 48.7 Å². The summed E-state index contributed by atoms with van der Waals surface area (Å²) in [5.74, 6) is 0.379. The molecular weight excluding hydrogens is 384 g/mol. The molecule has 1 saturated heterocycles. The summed E-state index contributed by atoms with van der Waals surface area (Å²) < 4.78 is 21.0. The fraction of sp³-hybridized carbons (Fsp3) is 0.348. The highest BCUT2D eigenvalue weighted by Crippen LogP contribution is 2.56. The Hall–Kier alpha value is -2.28. The van der Waals surface area contributed by atoms with Crippen LogP contribution in [0.4, 0.5) is 0 Å². The molecule has 0 spiro atoms. The SMILES string of the molecule is CC(C)C1CC(c2c[nH]c3c(C(N)=O)cc(-c4ccccc4)cc23)CCS1(O)O. The molecule has 1 aliphatic rings. The van der Waals surface area contributed by atoms with Crippen LogP contribution in [0.25, 0.3) is 22.0 Å². The minimum absolute atomic E-state index is 0.112. The maximum atomic E-state index is 12.1. The lowest BCUT2D eigenvalue weighted by Gasteiger charge is -2.48. The zero-order valence-corrected chi connectivity index (χ0v) is 17.6. The third kappa shape index (κ3) is 3.68. The number of nitrogens with one attached hydrogen (secondary N) is 1. The third-order valence-electron chi connectivity index (χ3n) is 6.15. The van der Waals surface area contributed by atoms with Crippen LogP contribution in [0.5, 0.6) is 0 Å². The van der Waals surface area contributed by atoms with Crippen molar-refractivity contribution in [2.45, 2.75) is 37.9 Å². The molecule has 2 heterocycles. The first-order valence-electron chi connectivity index (χ1n) is 10.0. The molecular formula is C23H28N2O3S. The van der Waals surface area contributed by atoms with Crippen molar-refractivity contribution >= 4 is 27.4 Å². The van der Waals surface area contributed by atoms with Crippen LogP contribution < -0.4 is 5.73 Å². The van der Waals surface area contributed by atoms with E-state index in [1.165, 1.54) is 0 Å². The minimum atomic E-state index is -2.56. The molecule has 154 valence electrons. The zero-order chi connectivity index (χ0) is 20.8. The minimum Gasteiger partial charge on any atom is -0.366 e. The summed E-state index contributed by atoms with van der Waals surface area (Å²) in [4.78, 5) is 15.4. The molecule has 5 N–H and O–H groups in total. The molecule has 2 aromatic carbocycles. The van der Waals surface area contributed by atoms with Gasteiger partial charge in [0.15, 0.2) is 0 Å². The molecule has 3 aromatic rings. The van der Waals surface area contributed by atoms with Crippen LogP contribution in [0.2, 0.25) is 0 Å². The number of primary amides is 1. The summed E-state index contributed by atoms with van der Waals surface area (Å²) in [6, 6.07) is 13.9. The Morgan fingerprint density at radius 3 is 2.55 bits per heavy atom. The first-order chi connectivity index (χ1) is 13.8. The number of hydrogen-bond acceptors (Lipinski definition) is 3. The summed E-state index contributed by atoms with van der Waals surface area (Å²) in [6.45, 7) is 4.10. The van der Waals surface area contributed by atoms with Gasteiger partial charge in [-0.1, -0.05) is 44.2 Å². The van der Waals surface area contributed by atoms with E-state index < -0.39 is 16.5 Å². The molecule has 0 aliphatic carbocycles. The third-order valence-corrected chi connectivity index (χ3v) is 8.69. The van der Waals surface area contributed by atoms with E-state index in [4.69, 9.17) is 5.73 Å². The number of aromatic amines is 1. The van der Waals surface area contributed by atoms with Gasteiger partial charge in [0, 0.05) is 17.3 Å². The highest BCUT2D eigenvalue weighted by atomic mass is 32.3. The fourth-order valence-corrected chi connectivity index (χ4v) is 6.94. The molecule has 2 unspecified atom stereocenters. The molecule has 0 bridgehead atoms. The summed E-state index contributed by atoms with van der Waals surface area (Å²) in [5, 5.41) is 0.880. The van der Waals surface area contributed by atoms with Crippen molar-refractivity contribution in [3.8, 4) is 11.1 Å². The predicted molar refractivity (Wildman–Crippen MR) is 121 cm³/mol. The van der Waals surface area contributed by atoms with Gasteiger partial charge < -0.3 is 10.7 Å². The highest BCUT2D eigenvalue weighted by Gasteiger charge is 2.37. The van der Waals surface area contributed by atoms with Crippen LogP contribution >= 0.6 is 10.6 Å². The standard InChI is InChI=1S/C23H28N2O3S/c1-14(2)21-12-16(8-9-29(21,27)28)20-13-25-22-18(20)10-17(11-19(22)23(24)26)15-6-4-3-5-7-15/h3-7,10-11,13-14,16,21,25,27-28H,8-9,12H2,1-2H3,(H2,24,26). The quantitative estimate of drug-likeness (QED) is 0.450. The lowest BCUT2D eigenvalue weighted by molar-refractivity contribution is 0.100. The van der Waals surface area contributed by atoms with Gasteiger partial charge in [0.25, 0.3) is 5.91 Å². The average Bonchev–Trinajstić information content (AvgIpc) is 3.11. The maximum Gasteiger partial charge on any atom is 0.250 e. The molecule has 4 rings (SSSR count). The van der Waals surface area contributed by atoms with Crippen molar-refractivity contribution in [3.05, 3.63) is 59.8 Å². The van der Waals surface area contributed by atoms with Gasteiger partial charge in [-0.15, -0.1) is 0 Å². The Balaban J connectivity index is 1.82. The van der Waals surface area contributed by atoms with Crippen LogP contribution in [0.3, 0.4) is 0 Å². The van der Waals surface area contributed by atoms with E-state index in [1.807, 2.05) is 42.6 Å². The van der Waals surface area contributed by atoms with Gasteiger partial charge in [-0.2, -0.15) is 10.6 Å². The number of carbonyl (C=O) groups is 1. The van der Waals surface area contributed by atoms with Crippen LogP contribution in [0, 0.1) is 5.92 Å². The van der Waals surface area contributed by atoms with Gasteiger partial charge in [0.2, 0.25) is 0 Å². The van der Waals surface area contributed by atoms with E-state index in [2.05, 4.69) is 24.9 Å². The predicted octanol–water partition coefficient (Wildman–Crippen LogP) is 5.59. The molecule has 1 fully saturated rings. The number of H-pyrrole nitrogens is 1. The molecule has 0 saturated carbocycles. The Morgan fingerprint density at radius 2 is 1.90 bits per heavy atom.